The molecule has 0 aliphatic rings. The molecule has 0 heterocycles. The maximum atomic E-state index is 11.8. The normalized spacial score (nSPS) is 12.7. The number of unbranched alkanes of at least 4 members (excludes halogenated alkanes) is 6. The lowest BCUT2D eigenvalue weighted by Gasteiger charge is -2.09. The number of carbonyl (C=O) groups excluding carboxylic acids is 1. The van der Waals surface area contributed by atoms with E-state index < -0.39 is 0 Å². The van der Waals surface area contributed by atoms with E-state index >= 15 is 0 Å². The van der Waals surface area contributed by atoms with Crippen LogP contribution in [0.5, 0.6) is 0 Å². The second-order valence-electron chi connectivity index (χ2n) is 5.03. The molecule has 0 rings (SSSR count). The van der Waals surface area contributed by atoms with Crippen LogP contribution in [0.3, 0.4) is 0 Å². The zero-order valence-corrected chi connectivity index (χ0v) is 11.6. The topological polar surface area (TPSA) is 17.1 Å². The zero-order valence-electron chi connectivity index (χ0n) is 11.6. The fourth-order valence-corrected chi connectivity index (χ4v) is 2.01. The average molecular weight is 226 g/mol. The minimum atomic E-state index is 0.304. The first-order chi connectivity index (χ1) is 7.72. The van der Waals surface area contributed by atoms with Gasteiger partial charge in [-0.15, -0.1) is 0 Å². The molecule has 0 amide bonds. The quantitative estimate of drug-likeness (QED) is 0.446. The zero-order chi connectivity index (χ0) is 12.2. The fraction of sp³-hybridized carbons (Fsp3) is 0.933. The molecule has 0 radical (unpaired) electrons. The van der Waals surface area contributed by atoms with Crippen LogP contribution in [-0.2, 0) is 4.79 Å². The van der Waals surface area contributed by atoms with Crippen molar-refractivity contribution in [1.82, 2.24) is 0 Å². The lowest BCUT2D eigenvalue weighted by molar-refractivity contribution is -0.122. The standard InChI is InChI=1S/C15H30O/c1-4-6-8-10-12-14(3)15(16)13-11-9-7-5-2/h14H,4-13H2,1-3H3. The van der Waals surface area contributed by atoms with Crippen molar-refractivity contribution in [1.29, 1.82) is 0 Å². The van der Waals surface area contributed by atoms with Gasteiger partial charge in [0.1, 0.15) is 5.78 Å². The molecule has 16 heavy (non-hydrogen) atoms. The van der Waals surface area contributed by atoms with Gasteiger partial charge in [0.05, 0.1) is 0 Å². The van der Waals surface area contributed by atoms with Gasteiger partial charge >= 0.3 is 0 Å². The van der Waals surface area contributed by atoms with Gasteiger partial charge in [0.25, 0.3) is 0 Å². The highest BCUT2D eigenvalue weighted by Crippen LogP contribution is 2.14. The van der Waals surface area contributed by atoms with Crippen molar-refractivity contribution in [3.8, 4) is 0 Å². The SMILES string of the molecule is CCCCCCC(=O)C(C)CCCCCC. The van der Waals surface area contributed by atoms with Crippen LogP contribution in [0.25, 0.3) is 0 Å². The third-order valence-corrected chi connectivity index (χ3v) is 3.32. The first kappa shape index (κ1) is 15.7. The van der Waals surface area contributed by atoms with Gasteiger partial charge in [0.15, 0.2) is 0 Å². The van der Waals surface area contributed by atoms with Gasteiger partial charge in [-0.1, -0.05) is 65.7 Å². The second kappa shape index (κ2) is 11.2. The second-order valence-corrected chi connectivity index (χ2v) is 5.03. The van der Waals surface area contributed by atoms with E-state index in [1.165, 1.54) is 44.9 Å². The fourth-order valence-electron chi connectivity index (χ4n) is 2.01. The van der Waals surface area contributed by atoms with E-state index in [0.29, 0.717) is 11.7 Å². The molecule has 1 nitrogen and oxygen atoms in total. The maximum absolute atomic E-state index is 11.8. The summed E-state index contributed by atoms with van der Waals surface area (Å²) in [5, 5.41) is 0. The summed E-state index contributed by atoms with van der Waals surface area (Å²) in [7, 11) is 0. The smallest absolute Gasteiger partial charge is 0.135 e. The molecular weight excluding hydrogens is 196 g/mol. The van der Waals surface area contributed by atoms with Gasteiger partial charge < -0.3 is 0 Å². The Morgan fingerprint density at radius 3 is 2.00 bits per heavy atom. The van der Waals surface area contributed by atoms with Crippen molar-refractivity contribution in [2.45, 2.75) is 85.0 Å². The predicted molar refractivity (Wildman–Crippen MR) is 71.7 cm³/mol. The minimum Gasteiger partial charge on any atom is -0.299 e. The molecule has 1 unspecified atom stereocenters. The summed E-state index contributed by atoms with van der Waals surface area (Å²) >= 11 is 0. The number of carbonyl (C=O) groups is 1. The van der Waals surface area contributed by atoms with Gasteiger partial charge in [-0.3, -0.25) is 4.79 Å². The molecule has 0 aliphatic carbocycles. The molecule has 0 saturated heterocycles. The Morgan fingerprint density at radius 1 is 0.875 bits per heavy atom. The Balaban J connectivity index is 3.42. The monoisotopic (exact) mass is 226 g/mol. The third kappa shape index (κ3) is 8.94. The number of ketones is 1. The van der Waals surface area contributed by atoms with E-state index in [1.807, 2.05) is 0 Å². The van der Waals surface area contributed by atoms with Gasteiger partial charge in [0.2, 0.25) is 0 Å². The molecule has 0 aromatic heterocycles. The Hall–Kier alpha value is -0.330. The number of rotatable bonds is 11. The molecule has 1 atom stereocenters. The van der Waals surface area contributed by atoms with Gasteiger partial charge in [-0.05, 0) is 12.8 Å². The highest BCUT2D eigenvalue weighted by Gasteiger charge is 2.11. The highest BCUT2D eigenvalue weighted by molar-refractivity contribution is 5.80. The Morgan fingerprint density at radius 2 is 1.44 bits per heavy atom. The molecule has 96 valence electrons. The third-order valence-electron chi connectivity index (χ3n) is 3.32. The number of hydrogen-bond acceptors (Lipinski definition) is 1. The molecule has 0 spiro atoms. The molecule has 0 fully saturated rings. The molecule has 0 aliphatic heterocycles. The van der Waals surface area contributed by atoms with E-state index in [1.54, 1.807) is 0 Å². The highest BCUT2D eigenvalue weighted by atomic mass is 16.1. The van der Waals surface area contributed by atoms with Crippen LogP contribution in [0.2, 0.25) is 0 Å². The van der Waals surface area contributed by atoms with Crippen molar-refractivity contribution < 1.29 is 4.79 Å². The van der Waals surface area contributed by atoms with Crippen LogP contribution in [-0.4, -0.2) is 5.78 Å². The van der Waals surface area contributed by atoms with Crippen LogP contribution in [0.4, 0.5) is 0 Å². The predicted octanol–water partition coefficient (Wildman–Crippen LogP) is 5.13. The Kier molecular flexibility index (Phi) is 10.9. The minimum absolute atomic E-state index is 0.304. The lowest BCUT2D eigenvalue weighted by Crippen LogP contribution is -2.10. The van der Waals surface area contributed by atoms with Crippen molar-refractivity contribution >= 4 is 5.78 Å². The number of Topliss-reactive ketones (excluding diaryl/α,β-unsaturated/α-hetero) is 1. The first-order valence-corrected chi connectivity index (χ1v) is 7.25. The van der Waals surface area contributed by atoms with Crippen LogP contribution < -0.4 is 0 Å². The van der Waals surface area contributed by atoms with E-state index in [9.17, 15) is 4.79 Å². The summed E-state index contributed by atoms with van der Waals surface area (Å²) in [6.45, 7) is 6.54. The van der Waals surface area contributed by atoms with E-state index in [-0.39, 0.29) is 0 Å². The Bertz CT molecular complexity index is 163. The van der Waals surface area contributed by atoms with Crippen molar-refractivity contribution in [3.63, 3.8) is 0 Å². The largest absolute Gasteiger partial charge is 0.299 e. The van der Waals surface area contributed by atoms with Gasteiger partial charge in [-0.25, -0.2) is 0 Å². The molecule has 0 aromatic carbocycles. The van der Waals surface area contributed by atoms with Crippen molar-refractivity contribution in [2.75, 3.05) is 0 Å². The van der Waals surface area contributed by atoms with Crippen LogP contribution in [0.15, 0.2) is 0 Å². The van der Waals surface area contributed by atoms with Gasteiger partial charge in [0, 0.05) is 12.3 Å². The molecule has 1 heteroatoms. The van der Waals surface area contributed by atoms with Gasteiger partial charge in [-0.2, -0.15) is 0 Å². The summed E-state index contributed by atoms with van der Waals surface area (Å²) < 4.78 is 0. The molecule has 0 aromatic rings. The van der Waals surface area contributed by atoms with Crippen molar-refractivity contribution in [3.05, 3.63) is 0 Å². The summed E-state index contributed by atoms with van der Waals surface area (Å²) in [5.74, 6) is 0.797. The summed E-state index contributed by atoms with van der Waals surface area (Å²) in [5.41, 5.74) is 0. The molecular formula is C15H30O. The Labute approximate surface area is 102 Å². The summed E-state index contributed by atoms with van der Waals surface area (Å²) in [6.07, 6.45) is 11.9. The van der Waals surface area contributed by atoms with Crippen LogP contribution in [0.1, 0.15) is 85.0 Å². The average Bonchev–Trinajstić information content (AvgIpc) is 2.29. The summed E-state index contributed by atoms with van der Waals surface area (Å²) in [4.78, 5) is 11.8. The van der Waals surface area contributed by atoms with E-state index in [2.05, 4.69) is 20.8 Å². The lowest BCUT2D eigenvalue weighted by atomic mass is 9.95. The van der Waals surface area contributed by atoms with E-state index in [4.69, 9.17) is 0 Å². The summed E-state index contributed by atoms with van der Waals surface area (Å²) in [6, 6.07) is 0. The first-order valence-electron chi connectivity index (χ1n) is 7.25. The number of hydrogen-bond donors (Lipinski definition) is 0. The molecule has 0 bridgehead atoms. The van der Waals surface area contributed by atoms with Crippen molar-refractivity contribution in [2.24, 2.45) is 5.92 Å². The maximum Gasteiger partial charge on any atom is 0.135 e. The molecule has 0 saturated carbocycles. The van der Waals surface area contributed by atoms with Crippen LogP contribution >= 0.6 is 0 Å². The van der Waals surface area contributed by atoms with Crippen LogP contribution in [0, 0.1) is 5.92 Å². The van der Waals surface area contributed by atoms with E-state index in [0.717, 1.165) is 19.3 Å². The molecule has 0 N–H and O–H groups in total.